The molecule has 3 N–H and O–H groups in total. The Morgan fingerprint density at radius 3 is 2.71 bits per heavy atom. The number of amides is 1. The Hall–Kier alpha value is -0.650. The molecule has 1 amide bonds. The fourth-order valence-corrected chi connectivity index (χ4v) is 2.37. The average molecular weight is 243 g/mol. The van der Waals surface area contributed by atoms with Crippen LogP contribution in [0.1, 0.15) is 20.8 Å². The Balaban J connectivity index is 2.86. The van der Waals surface area contributed by atoms with E-state index in [0.717, 1.165) is 6.54 Å². The maximum absolute atomic E-state index is 11.9. The first-order valence-electron chi connectivity index (χ1n) is 6.17. The number of ether oxygens (including phenoxy) is 1. The van der Waals surface area contributed by atoms with Crippen LogP contribution < -0.4 is 11.1 Å². The highest BCUT2D eigenvalue weighted by Crippen LogP contribution is 2.26. The van der Waals surface area contributed by atoms with Crippen LogP contribution >= 0.6 is 0 Å². The van der Waals surface area contributed by atoms with Crippen molar-refractivity contribution in [1.29, 1.82) is 0 Å². The normalized spacial score (nSPS) is 24.4. The van der Waals surface area contributed by atoms with Gasteiger partial charge in [-0.05, 0) is 5.41 Å². The summed E-state index contributed by atoms with van der Waals surface area (Å²) in [6, 6.07) is -0.0322. The van der Waals surface area contributed by atoms with Crippen LogP contribution in [0.2, 0.25) is 0 Å². The molecule has 5 nitrogen and oxygen atoms in total. The first-order chi connectivity index (χ1) is 7.91. The topological polar surface area (TPSA) is 67.6 Å². The first-order valence-corrected chi connectivity index (χ1v) is 6.17. The van der Waals surface area contributed by atoms with E-state index >= 15 is 0 Å². The predicted octanol–water partition coefficient (Wildman–Crippen LogP) is -0.193. The van der Waals surface area contributed by atoms with E-state index < -0.39 is 0 Å². The fourth-order valence-electron chi connectivity index (χ4n) is 2.37. The molecular formula is C12H25N3O2. The summed E-state index contributed by atoms with van der Waals surface area (Å²) in [6.45, 7) is 8.89. The van der Waals surface area contributed by atoms with Gasteiger partial charge >= 0.3 is 0 Å². The van der Waals surface area contributed by atoms with Gasteiger partial charge in [0.25, 0.3) is 0 Å². The molecule has 17 heavy (non-hydrogen) atoms. The molecule has 100 valence electrons. The van der Waals surface area contributed by atoms with Crippen molar-refractivity contribution in [2.24, 2.45) is 11.1 Å². The molecule has 0 bridgehead atoms. The van der Waals surface area contributed by atoms with E-state index in [4.69, 9.17) is 10.5 Å². The van der Waals surface area contributed by atoms with Gasteiger partial charge in [0.15, 0.2) is 0 Å². The van der Waals surface area contributed by atoms with Gasteiger partial charge in [-0.25, -0.2) is 0 Å². The molecule has 1 heterocycles. The number of hydrogen-bond acceptors (Lipinski definition) is 4. The van der Waals surface area contributed by atoms with Gasteiger partial charge in [0.05, 0.1) is 13.2 Å². The molecule has 0 aliphatic carbocycles. The minimum Gasteiger partial charge on any atom is -0.378 e. The summed E-state index contributed by atoms with van der Waals surface area (Å²) >= 11 is 0. The Morgan fingerprint density at radius 1 is 1.59 bits per heavy atom. The van der Waals surface area contributed by atoms with E-state index in [1.54, 1.807) is 7.05 Å². The lowest BCUT2D eigenvalue weighted by Crippen LogP contribution is -2.61. The molecule has 5 heteroatoms. The lowest BCUT2D eigenvalue weighted by molar-refractivity contribution is -0.136. The lowest BCUT2D eigenvalue weighted by atomic mass is 9.84. The monoisotopic (exact) mass is 243 g/mol. The molecule has 0 radical (unpaired) electrons. The standard InChI is InChI=1S/C12H25N3O2/c1-12(2,3)10(7-13)15-5-6-17-8-9(15)11(16)14-4/h9-10H,5-8,13H2,1-4H3,(H,14,16). The highest BCUT2D eigenvalue weighted by molar-refractivity contribution is 5.81. The highest BCUT2D eigenvalue weighted by Gasteiger charge is 2.38. The third kappa shape index (κ3) is 3.40. The van der Waals surface area contributed by atoms with Crippen molar-refractivity contribution in [3.63, 3.8) is 0 Å². The summed E-state index contributed by atoms with van der Waals surface area (Å²) in [6.07, 6.45) is 0. The summed E-state index contributed by atoms with van der Waals surface area (Å²) in [5.41, 5.74) is 5.93. The summed E-state index contributed by atoms with van der Waals surface area (Å²) in [4.78, 5) is 14.0. The van der Waals surface area contributed by atoms with Crippen LogP contribution in [0.5, 0.6) is 0 Å². The molecule has 2 atom stereocenters. The maximum Gasteiger partial charge on any atom is 0.239 e. The van der Waals surface area contributed by atoms with Gasteiger partial charge in [-0.2, -0.15) is 0 Å². The van der Waals surface area contributed by atoms with Crippen molar-refractivity contribution >= 4 is 5.91 Å². The molecule has 1 saturated heterocycles. The van der Waals surface area contributed by atoms with Crippen LogP contribution in [0.4, 0.5) is 0 Å². The number of nitrogens with two attached hydrogens (primary N) is 1. The molecule has 0 aromatic rings. The van der Waals surface area contributed by atoms with Crippen LogP contribution in [-0.4, -0.2) is 56.2 Å². The predicted molar refractivity (Wildman–Crippen MR) is 67.7 cm³/mol. The summed E-state index contributed by atoms with van der Waals surface area (Å²) in [5, 5.41) is 2.69. The van der Waals surface area contributed by atoms with Crippen LogP contribution in [0.15, 0.2) is 0 Å². The summed E-state index contributed by atoms with van der Waals surface area (Å²) in [7, 11) is 1.66. The van der Waals surface area contributed by atoms with Gasteiger partial charge < -0.3 is 15.8 Å². The van der Waals surface area contributed by atoms with Gasteiger partial charge in [0, 0.05) is 26.2 Å². The number of rotatable bonds is 3. The number of carbonyl (C=O) groups excluding carboxylic acids is 1. The van der Waals surface area contributed by atoms with Crippen molar-refractivity contribution < 1.29 is 9.53 Å². The van der Waals surface area contributed by atoms with Crippen LogP contribution in [0.25, 0.3) is 0 Å². The molecule has 1 fully saturated rings. The SMILES string of the molecule is CNC(=O)C1COCCN1C(CN)C(C)(C)C. The van der Waals surface area contributed by atoms with Gasteiger partial charge in [0.2, 0.25) is 5.91 Å². The smallest absolute Gasteiger partial charge is 0.239 e. The third-order valence-corrected chi connectivity index (χ3v) is 3.34. The van der Waals surface area contributed by atoms with E-state index in [1.165, 1.54) is 0 Å². The fraction of sp³-hybridized carbons (Fsp3) is 0.917. The van der Waals surface area contributed by atoms with Gasteiger partial charge in [-0.15, -0.1) is 0 Å². The zero-order valence-electron chi connectivity index (χ0n) is 11.3. The van der Waals surface area contributed by atoms with Crippen molar-refractivity contribution in [1.82, 2.24) is 10.2 Å². The van der Waals surface area contributed by atoms with E-state index in [2.05, 4.69) is 31.0 Å². The number of nitrogens with one attached hydrogen (secondary N) is 1. The third-order valence-electron chi connectivity index (χ3n) is 3.34. The number of nitrogens with zero attached hydrogens (tertiary/aromatic N) is 1. The Kier molecular flexibility index (Phi) is 4.91. The maximum atomic E-state index is 11.9. The Morgan fingerprint density at radius 2 is 2.24 bits per heavy atom. The van der Waals surface area contributed by atoms with E-state index in [1.807, 2.05) is 0 Å². The van der Waals surface area contributed by atoms with Crippen LogP contribution in [-0.2, 0) is 9.53 Å². The van der Waals surface area contributed by atoms with Crippen molar-refractivity contribution in [3.8, 4) is 0 Å². The quantitative estimate of drug-likeness (QED) is 0.721. The van der Waals surface area contributed by atoms with Gasteiger partial charge in [-0.3, -0.25) is 9.69 Å². The van der Waals surface area contributed by atoms with Crippen LogP contribution in [0.3, 0.4) is 0 Å². The number of hydrogen-bond donors (Lipinski definition) is 2. The van der Waals surface area contributed by atoms with Gasteiger partial charge in [0.1, 0.15) is 6.04 Å². The van der Waals surface area contributed by atoms with Crippen molar-refractivity contribution in [3.05, 3.63) is 0 Å². The molecule has 1 aliphatic heterocycles. The van der Waals surface area contributed by atoms with Crippen molar-refractivity contribution in [2.75, 3.05) is 33.4 Å². The van der Waals surface area contributed by atoms with E-state index in [9.17, 15) is 4.79 Å². The Bertz CT molecular complexity index is 263. The molecule has 2 unspecified atom stereocenters. The number of carbonyl (C=O) groups is 1. The minimum absolute atomic E-state index is 0.00685. The first kappa shape index (κ1) is 14.4. The average Bonchev–Trinajstić information content (AvgIpc) is 2.28. The second-order valence-corrected chi connectivity index (χ2v) is 5.56. The molecule has 0 aromatic carbocycles. The lowest BCUT2D eigenvalue weighted by Gasteiger charge is -2.45. The van der Waals surface area contributed by atoms with E-state index in [-0.39, 0.29) is 23.4 Å². The van der Waals surface area contributed by atoms with Crippen molar-refractivity contribution in [2.45, 2.75) is 32.9 Å². The zero-order chi connectivity index (χ0) is 13.1. The minimum atomic E-state index is -0.221. The molecule has 1 aliphatic rings. The molecular weight excluding hydrogens is 218 g/mol. The molecule has 1 rings (SSSR count). The summed E-state index contributed by atoms with van der Waals surface area (Å²) < 4.78 is 5.40. The molecule has 0 saturated carbocycles. The second-order valence-electron chi connectivity index (χ2n) is 5.56. The van der Waals surface area contributed by atoms with Crippen LogP contribution in [0, 0.1) is 5.41 Å². The second kappa shape index (κ2) is 5.80. The Labute approximate surface area is 104 Å². The largest absolute Gasteiger partial charge is 0.378 e. The number of likely N-dealkylation sites (N-methyl/N-ethyl adjacent to an activating group) is 1. The van der Waals surface area contributed by atoms with E-state index in [0.29, 0.717) is 19.8 Å². The zero-order valence-corrected chi connectivity index (χ0v) is 11.3. The van der Waals surface area contributed by atoms with Gasteiger partial charge in [-0.1, -0.05) is 20.8 Å². The number of morpholine rings is 1. The highest BCUT2D eigenvalue weighted by atomic mass is 16.5. The molecule has 0 aromatic heterocycles. The summed E-state index contributed by atoms with van der Waals surface area (Å²) in [5.74, 6) is 0.00685. The molecule has 0 spiro atoms.